The van der Waals surface area contributed by atoms with Crippen LogP contribution >= 0.6 is 0 Å². The van der Waals surface area contributed by atoms with Crippen LogP contribution in [0.3, 0.4) is 0 Å². The summed E-state index contributed by atoms with van der Waals surface area (Å²) in [5, 5.41) is 17.5. The van der Waals surface area contributed by atoms with Crippen LogP contribution in [-0.4, -0.2) is 111 Å². The number of H-pyrrole nitrogens is 2. The molecule has 9 heterocycles. The Morgan fingerprint density at radius 3 is 1.07 bits per heavy atom. The summed E-state index contributed by atoms with van der Waals surface area (Å²) in [5.41, 5.74) is 6.95. The molecule has 0 atom stereocenters. The van der Waals surface area contributed by atoms with E-state index in [1.54, 1.807) is 0 Å². The summed E-state index contributed by atoms with van der Waals surface area (Å²) in [5.74, 6) is 0.0928. The molecule has 2 spiro atoms. The first kappa shape index (κ1) is 79.4. The number of hydrogen-bond acceptors (Lipinski definition) is 10. The van der Waals surface area contributed by atoms with E-state index in [9.17, 15) is 9.59 Å². The zero-order chi connectivity index (χ0) is 66.1. The maximum atomic E-state index is 12.0. The molecule has 4 aromatic heterocycles. The molecule has 2 radical (unpaired) electrons. The van der Waals surface area contributed by atoms with Crippen molar-refractivity contribution in [2.75, 3.05) is 14.2 Å². The van der Waals surface area contributed by atoms with Crippen LogP contribution in [-0.2, 0) is 90.0 Å². The smallest absolute Gasteiger partial charge is 0.448 e. The van der Waals surface area contributed by atoms with Gasteiger partial charge in [-0.2, -0.15) is 0 Å². The predicted octanol–water partition coefficient (Wildman–Crippen LogP) is 12.8. The predicted molar refractivity (Wildman–Crippen MR) is 364 cm³/mol. The molecule has 2 amide bonds. The molecule has 0 bridgehead atoms. The van der Waals surface area contributed by atoms with Gasteiger partial charge in [0.1, 0.15) is 14.2 Å². The second-order valence-corrected chi connectivity index (χ2v) is 29.2. The van der Waals surface area contributed by atoms with Crippen molar-refractivity contribution in [2.24, 2.45) is 0 Å². The maximum absolute atomic E-state index is 12.0. The van der Waals surface area contributed by atoms with Gasteiger partial charge in [0.2, 0.25) is 0 Å². The fourth-order valence-electron chi connectivity index (χ4n) is 10.6. The van der Waals surface area contributed by atoms with E-state index >= 15 is 0 Å². The standard InChI is InChI=1S/C18H24N2.C14H19BN2O3.C12H24B2O4.C8H8N2O.2C8H12.2CH4O.2Ir/c1-17(2,3)13-7-9-19-15(11-13)16-12-14(8-10-20-16)18(4,5)6;1-12(2)13(3,4)20-15(19-12)9-7-8-10(16-9)14(5-6-14)17-11(8)18;1-9(2)10(3,4)16-13(15-9)14-17-11(5,6)12(7,8)18-14;11-7-5-1-4-9-6(5)8(10-7)2-3-8;2*1-2-4-6-8-7-5-3-1;2*1-2;;/h7-12H,1-6H3;7,16H,5-6H2,1-4H3,(H,17,18);1-8H3;1,4,9H,2-3H2,(H,10,11);2*1-2,7-8H,3-6H2;2*2H,1H3;;/p+2/b;;;;2*2-1-,8-7?;;;;. The molecular formula is C70H109B3Ir2N6O10+2. The van der Waals surface area contributed by atoms with Crippen LogP contribution in [0.5, 0.6) is 0 Å². The number of hydrogen-bond donors (Lipinski definition) is 4. The first-order valence-corrected chi connectivity index (χ1v) is 32.3. The van der Waals surface area contributed by atoms with E-state index in [-0.39, 0.29) is 108 Å². The number of carbonyl (C=O) groups excluding carboxylic acids is 2. The summed E-state index contributed by atoms with van der Waals surface area (Å²) in [4.78, 5) is 38.7. The van der Waals surface area contributed by atoms with Gasteiger partial charge in [0.05, 0.1) is 78.6 Å². The van der Waals surface area contributed by atoms with E-state index in [1.807, 2.05) is 114 Å². The third-order valence-electron chi connectivity index (χ3n) is 18.7. The van der Waals surface area contributed by atoms with Gasteiger partial charge in [0.15, 0.2) is 0 Å². The molecule has 13 rings (SSSR count). The normalized spacial score (nSPS) is 22.4. The van der Waals surface area contributed by atoms with Crippen molar-refractivity contribution in [3.05, 3.63) is 137 Å². The Morgan fingerprint density at radius 1 is 0.440 bits per heavy atom. The Kier molecular flexibility index (Phi) is 28.0. The average Bonchev–Trinajstić information content (AvgIpc) is 1.58. The van der Waals surface area contributed by atoms with Gasteiger partial charge in [-0.3, -0.25) is 19.6 Å². The molecular weight excluding hydrogens is 1500 g/mol. The quantitative estimate of drug-likeness (QED) is 0.0864. The van der Waals surface area contributed by atoms with Crippen LogP contribution in [0.1, 0.15) is 245 Å². The van der Waals surface area contributed by atoms with E-state index in [4.69, 9.17) is 38.1 Å². The van der Waals surface area contributed by atoms with Crippen LogP contribution in [0.15, 0.2) is 104 Å². The van der Waals surface area contributed by atoms with Crippen LogP contribution in [0.2, 0.25) is 0 Å². The van der Waals surface area contributed by atoms with E-state index in [0.29, 0.717) is 0 Å². The zero-order valence-electron chi connectivity index (χ0n) is 58.4. The molecule has 4 aliphatic carbocycles. The minimum absolute atomic E-state index is 0. The maximum Gasteiger partial charge on any atom is 0.512 e. The summed E-state index contributed by atoms with van der Waals surface area (Å²) in [6.07, 6.45) is 37.8. The Labute approximate surface area is 573 Å². The number of aromatic nitrogens is 4. The molecule has 4 aromatic rings. The number of fused-ring (bicyclic) bond motifs is 4. The second-order valence-electron chi connectivity index (χ2n) is 29.2. The number of pyridine rings is 2. The SMILES string of the molecule is C1=CCC/C=C\CC1.C1=CCC/C=C\CC1.CC(C)(C)c1ccnc(-c2cc(C(C)(C)C)ccn2)c1.CC1(C)OB(B2OC(C)(C)C(C)(C)O2)OC1(C)C.CC1(C)OB(c2cc3c([nH]2)C2(CC2)NC3=O)OC1(C)C.C[OH2+].C[OH2+].O=C1NC2(CC2)c2[nH]ccc21.[Ir].[Ir]. The summed E-state index contributed by atoms with van der Waals surface area (Å²) in [7, 11) is 1.11. The van der Waals surface area contributed by atoms with E-state index in [0.717, 1.165) is 65.2 Å². The first-order valence-electron chi connectivity index (χ1n) is 32.3. The Hall–Kier alpha value is -4.07. The number of rotatable bonds is 3. The fraction of sp³-hybridized carbons (Fsp3) is 0.600. The summed E-state index contributed by atoms with van der Waals surface area (Å²) < 4.78 is 35.9. The number of nitrogens with one attached hydrogen (secondary N) is 4. The topological polar surface area (TPSA) is 217 Å². The molecule has 504 valence electrons. The minimum Gasteiger partial charge on any atom is -0.448 e. The van der Waals surface area contributed by atoms with Crippen LogP contribution in [0.25, 0.3) is 11.4 Å². The monoisotopic (exact) mass is 1610 g/mol. The van der Waals surface area contributed by atoms with Crippen molar-refractivity contribution in [1.29, 1.82) is 0 Å². The molecule has 5 fully saturated rings. The molecule has 0 unspecified atom stereocenters. The van der Waals surface area contributed by atoms with Crippen molar-refractivity contribution >= 4 is 38.5 Å². The van der Waals surface area contributed by atoms with Gasteiger partial charge in [-0.05, 0) is 218 Å². The third-order valence-corrected chi connectivity index (χ3v) is 18.7. The van der Waals surface area contributed by atoms with Gasteiger partial charge in [-0.15, -0.1) is 0 Å². The Balaban J connectivity index is 0.000000236. The van der Waals surface area contributed by atoms with E-state index < -0.39 is 21.1 Å². The number of carbonyl (C=O) groups is 2. The molecule has 8 N–H and O–H groups in total. The number of amides is 2. The van der Waals surface area contributed by atoms with Crippen molar-refractivity contribution in [1.82, 2.24) is 30.6 Å². The number of aromatic amines is 2. The van der Waals surface area contributed by atoms with Gasteiger partial charge in [-0.25, -0.2) is 0 Å². The Morgan fingerprint density at radius 2 is 0.747 bits per heavy atom. The largest absolute Gasteiger partial charge is 0.512 e. The molecule has 16 nitrogen and oxygen atoms in total. The van der Waals surface area contributed by atoms with Crippen molar-refractivity contribution < 1.29 is 87.9 Å². The molecule has 91 heavy (non-hydrogen) atoms. The first-order chi connectivity index (χ1) is 41.6. The molecule has 5 aliphatic heterocycles. The average molecular weight is 1610 g/mol. The van der Waals surface area contributed by atoms with Crippen molar-refractivity contribution in [2.45, 2.75) is 257 Å². The van der Waals surface area contributed by atoms with Gasteiger partial charge in [-0.1, -0.05) is 90.2 Å². The number of nitrogens with zero attached hydrogens (tertiary/aromatic N) is 2. The van der Waals surface area contributed by atoms with Crippen LogP contribution in [0, 0.1) is 0 Å². The van der Waals surface area contributed by atoms with Crippen molar-refractivity contribution in [3.63, 3.8) is 0 Å². The minimum atomic E-state index is -0.476. The fourth-order valence-corrected chi connectivity index (χ4v) is 10.6. The number of allylic oxidation sites excluding steroid dienone is 8. The molecule has 3 saturated heterocycles. The van der Waals surface area contributed by atoms with E-state index in [1.165, 1.54) is 76.7 Å². The van der Waals surface area contributed by atoms with Gasteiger partial charge < -0.3 is 58.7 Å². The van der Waals surface area contributed by atoms with Crippen LogP contribution < -0.4 is 16.2 Å². The third kappa shape index (κ3) is 19.8. The van der Waals surface area contributed by atoms with E-state index in [2.05, 4.69) is 145 Å². The molecule has 9 aliphatic rings. The van der Waals surface area contributed by atoms with Gasteiger partial charge in [0, 0.05) is 64.4 Å². The van der Waals surface area contributed by atoms with Gasteiger partial charge in [0.25, 0.3) is 11.8 Å². The summed E-state index contributed by atoms with van der Waals surface area (Å²) in [6.45, 7) is 37.6. The molecule has 21 heteroatoms. The second kappa shape index (κ2) is 32.1. The van der Waals surface area contributed by atoms with Gasteiger partial charge >= 0.3 is 21.1 Å². The summed E-state index contributed by atoms with van der Waals surface area (Å²) in [6, 6.07) is 12.2. The molecule has 0 aromatic carbocycles. The van der Waals surface area contributed by atoms with Crippen LogP contribution in [0.4, 0.5) is 0 Å². The summed E-state index contributed by atoms with van der Waals surface area (Å²) >= 11 is 0. The zero-order valence-corrected chi connectivity index (χ0v) is 63.1. The Bertz CT molecular complexity index is 2910. The van der Waals surface area contributed by atoms with Crippen molar-refractivity contribution in [3.8, 4) is 11.4 Å². The molecule has 2 saturated carbocycles.